The molecule has 41 heavy (non-hydrogen) atoms. The first-order chi connectivity index (χ1) is 19.4. The van der Waals surface area contributed by atoms with Crippen molar-refractivity contribution in [2.24, 2.45) is 5.92 Å². The van der Waals surface area contributed by atoms with E-state index in [-0.39, 0.29) is 23.0 Å². The van der Waals surface area contributed by atoms with E-state index in [1.807, 2.05) is 13.8 Å². The molecule has 0 aliphatic heterocycles. The molecule has 4 rings (SSSR count). The Kier molecular flexibility index (Phi) is 8.55. The fourth-order valence-corrected chi connectivity index (χ4v) is 4.09. The molecule has 0 radical (unpaired) electrons. The average molecular weight is 569 g/mol. The molecule has 2 heterocycles. The maximum Gasteiger partial charge on any atom is 0.573 e. The van der Waals surface area contributed by atoms with Crippen molar-refractivity contribution in [1.29, 1.82) is 0 Å². The van der Waals surface area contributed by atoms with Gasteiger partial charge in [-0.05, 0) is 67.8 Å². The molecule has 0 spiro atoms. The fourth-order valence-electron chi connectivity index (χ4n) is 4.09. The first-order valence-corrected chi connectivity index (χ1v) is 12.6. The normalized spacial score (nSPS) is 12.2. The van der Waals surface area contributed by atoms with E-state index in [2.05, 4.69) is 30.9 Å². The van der Waals surface area contributed by atoms with Gasteiger partial charge in [0.2, 0.25) is 0 Å². The van der Waals surface area contributed by atoms with Crippen molar-refractivity contribution in [3.05, 3.63) is 72.4 Å². The first kappa shape index (κ1) is 29.1. The highest BCUT2D eigenvalue weighted by Crippen LogP contribution is 2.30. The zero-order valence-corrected chi connectivity index (χ0v) is 22.3. The van der Waals surface area contributed by atoms with Gasteiger partial charge < -0.3 is 20.7 Å². The maximum atomic E-state index is 13.0. The molecule has 13 heteroatoms. The Balaban J connectivity index is 1.48. The van der Waals surface area contributed by atoms with Gasteiger partial charge >= 0.3 is 12.4 Å². The molecule has 0 saturated heterocycles. The number of aromatic nitrogens is 3. The minimum absolute atomic E-state index is 0.137. The lowest BCUT2D eigenvalue weighted by molar-refractivity contribution is -0.274. The lowest BCUT2D eigenvalue weighted by atomic mass is 10.0. The second-order valence-electron chi connectivity index (χ2n) is 9.61. The van der Waals surface area contributed by atoms with Crippen LogP contribution in [0.3, 0.4) is 0 Å². The quantitative estimate of drug-likeness (QED) is 0.239. The second-order valence-corrected chi connectivity index (χ2v) is 9.61. The molecule has 0 fully saturated rings. The van der Waals surface area contributed by atoms with Crippen molar-refractivity contribution in [2.45, 2.75) is 39.6 Å². The van der Waals surface area contributed by atoms with Gasteiger partial charge in [0.1, 0.15) is 0 Å². The van der Waals surface area contributed by atoms with E-state index in [0.29, 0.717) is 29.1 Å². The molecule has 0 aliphatic rings. The molecule has 3 N–H and O–H groups in total. The van der Waals surface area contributed by atoms with E-state index in [1.165, 1.54) is 25.1 Å². The van der Waals surface area contributed by atoms with E-state index in [1.54, 1.807) is 47.0 Å². The number of hydrogen-bond donors (Lipinski definition) is 3. The SMILES string of the molecule is CC(=O)[C@@H](CC(C)C)NC(=O)c1cccn2c(-c3ccc(NC(=O)Nc4ccccc4OC(F)(F)F)cc3)nnc12. The van der Waals surface area contributed by atoms with Crippen molar-refractivity contribution < 1.29 is 32.3 Å². The van der Waals surface area contributed by atoms with Crippen LogP contribution in [0, 0.1) is 5.92 Å². The van der Waals surface area contributed by atoms with E-state index in [4.69, 9.17) is 0 Å². The summed E-state index contributed by atoms with van der Waals surface area (Å²) in [5, 5.41) is 16.1. The number of ketones is 1. The van der Waals surface area contributed by atoms with Gasteiger partial charge in [-0.25, -0.2) is 4.79 Å². The summed E-state index contributed by atoms with van der Waals surface area (Å²) in [6.07, 6.45) is -2.71. The number of rotatable bonds is 9. The third-order valence-corrected chi connectivity index (χ3v) is 5.94. The van der Waals surface area contributed by atoms with Crippen LogP contribution in [0.5, 0.6) is 5.75 Å². The number of carbonyl (C=O) groups excluding carboxylic acids is 3. The van der Waals surface area contributed by atoms with Crippen LogP contribution >= 0.6 is 0 Å². The van der Waals surface area contributed by atoms with E-state index < -0.39 is 30.1 Å². The Labute approximate surface area is 232 Å². The topological polar surface area (TPSA) is 127 Å². The van der Waals surface area contributed by atoms with Crippen LogP contribution in [0.15, 0.2) is 66.9 Å². The Hall–Kier alpha value is -4.94. The number of halogens is 3. The third-order valence-electron chi connectivity index (χ3n) is 5.94. The number of alkyl halides is 3. The molecule has 4 aromatic rings. The first-order valence-electron chi connectivity index (χ1n) is 12.6. The number of anilines is 2. The zero-order valence-electron chi connectivity index (χ0n) is 22.3. The summed E-state index contributed by atoms with van der Waals surface area (Å²) in [4.78, 5) is 37.5. The number of pyridine rings is 1. The van der Waals surface area contributed by atoms with E-state index >= 15 is 0 Å². The molecule has 0 aliphatic carbocycles. The molecule has 214 valence electrons. The smallest absolute Gasteiger partial charge is 0.404 e. The highest BCUT2D eigenvalue weighted by atomic mass is 19.4. The lowest BCUT2D eigenvalue weighted by Crippen LogP contribution is -2.40. The van der Waals surface area contributed by atoms with Gasteiger partial charge in [-0.15, -0.1) is 23.4 Å². The lowest BCUT2D eigenvalue weighted by Gasteiger charge is -2.18. The summed E-state index contributed by atoms with van der Waals surface area (Å²) < 4.78 is 43.5. The van der Waals surface area contributed by atoms with Gasteiger partial charge in [0, 0.05) is 17.4 Å². The monoisotopic (exact) mass is 568 g/mol. The van der Waals surface area contributed by atoms with Gasteiger partial charge in [0.25, 0.3) is 5.91 Å². The third kappa shape index (κ3) is 7.38. The van der Waals surface area contributed by atoms with Crippen molar-refractivity contribution in [1.82, 2.24) is 19.9 Å². The number of urea groups is 1. The van der Waals surface area contributed by atoms with Gasteiger partial charge in [-0.1, -0.05) is 26.0 Å². The largest absolute Gasteiger partial charge is 0.573 e. The number of ether oxygens (including phenoxy) is 1. The molecular weight excluding hydrogens is 541 g/mol. The second kappa shape index (κ2) is 12.1. The Bertz CT molecular complexity index is 1570. The van der Waals surface area contributed by atoms with Crippen molar-refractivity contribution >= 4 is 34.7 Å². The summed E-state index contributed by atoms with van der Waals surface area (Å²) >= 11 is 0. The number of amides is 3. The Morgan fingerprint density at radius 2 is 1.66 bits per heavy atom. The molecule has 3 amide bonds. The van der Waals surface area contributed by atoms with Crippen LogP contribution in [-0.4, -0.2) is 44.7 Å². The minimum Gasteiger partial charge on any atom is -0.404 e. The van der Waals surface area contributed by atoms with E-state index in [0.717, 1.165) is 6.07 Å². The number of para-hydroxylation sites is 2. The van der Waals surface area contributed by atoms with Crippen molar-refractivity contribution in [2.75, 3.05) is 10.6 Å². The van der Waals surface area contributed by atoms with Crippen LogP contribution in [0.25, 0.3) is 17.0 Å². The standard InChI is InChI=1S/C28H27F3N6O4/c1-16(2)15-22(17(3)38)33-26(39)20-7-6-14-37-24(35-36-25(20)37)18-10-12-19(13-11-18)32-27(40)34-21-8-4-5-9-23(21)41-28(29,30)31/h4-14,16,22H,15H2,1-3H3,(H,33,39)(H2,32,34,40)/t22-/m1/s1. The maximum absolute atomic E-state index is 13.0. The van der Waals surface area contributed by atoms with Gasteiger partial charge in [0.05, 0.1) is 17.3 Å². The number of fused-ring (bicyclic) bond motifs is 1. The molecule has 2 aromatic carbocycles. The van der Waals surface area contributed by atoms with Gasteiger partial charge in [-0.2, -0.15) is 0 Å². The van der Waals surface area contributed by atoms with Crippen LogP contribution in [0.2, 0.25) is 0 Å². The van der Waals surface area contributed by atoms with Crippen LogP contribution < -0.4 is 20.7 Å². The fraction of sp³-hybridized carbons (Fsp3) is 0.250. The highest BCUT2D eigenvalue weighted by molar-refractivity contribution is 6.02. The molecule has 10 nitrogen and oxygen atoms in total. The minimum atomic E-state index is -4.91. The summed E-state index contributed by atoms with van der Waals surface area (Å²) in [7, 11) is 0. The Morgan fingerprint density at radius 1 is 0.951 bits per heavy atom. The number of hydrogen-bond acceptors (Lipinski definition) is 6. The van der Waals surface area contributed by atoms with Crippen LogP contribution in [0.4, 0.5) is 29.3 Å². The summed E-state index contributed by atoms with van der Waals surface area (Å²) in [6.45, 7) is 5.37. The molecule has 0 unspecified atom stereocenters. The molecule has 2 aromatic heterocycles. The van der Waals surface area contributed by atoms with E-state index in [9.17, 15) is 27.6 Å². The predicted molar refractivity (Wildman–Crippen MR) is 146 cm³/mol. The Morgan fingerprint density at radius 3 is 2.32 bits per heavy atom. The number of nitrogens with zero attached hydrogens (tertiary/aromatic N) is 3. The molecule has 0 saturated carbocycles. The summed E-state index contributed by atoms with van der Waals surface area (Å²) in [5.74, 6) is -0.490. The van der Waals surface area contributed by atoms with Gasteiger partial charge in [0.15, 0.2) is 23.0 Å². The zero-order chi connectivity index (χ0) is 29.7. The van der Waals surface area contributed by atoms with Gasteiger partial charge in [-0.3, -0.25) is 14.0 Å². The van der Waals surface area contributed by atoms with Crippen molar-refractivity contribution in [3.63, 3.8) is 0 Å². The molecule has 1 atom stereocenters. The number of Topliss-reactive ketones (excluding diaryl/α,β-unsaturated/α-hetero) is 1. The predicted octanol–water partition coefficient (Wildman–Crippen LogP) is 5.67. The molecular formula is C28H27F3N6O4. The van der Waals surface area contributed by atoms with Crippen molar-refractivity contribution in [3.8, 4) is 17.1 Å². The highest BCUT2D eigenvalue weighted by Gasteiger charge is 2.32. The molecule has 0 bridgehead atoms. The summed E-state index contributed by atoms with van der Waals surface area (Å²) in [6, 6.07) is 13.5. The average Bonchev–Trinajstić information content (AvgIpc) is 3.33. The number of nitrogens with one attached hydrogen (secondary N) is 3. The summed E-state index contributed by atoms with van der Waals surface area (Å²) in [5.41, 5.74) is 1.37. The van der Waals surface area contributed by atoms with Crippen LogP contribution in [0.1, 0.15) is 37.6 Å². The number of benzene rings is 2. The van der Waals surface area contributed by atoms with Crippen LogP contribution in [-0.2, 0) is 4.79 Å². The number of carbonyl (C=O) groups is 3.